The van der Waals surface area contributed by atoms with E-state index < -0.39 is 11.4 Å². The largest absolute Gasteiger partial charge is 0.350 e. The van der Waals surface area contributed by atoms with Crippen molar-refractivity contribution in [3.63, 3.8) is 0 Å². The topological polar surface area (TPSA) is 67.2 Å². The summed E-state index contributed by atoms with van der Waals surface area (Å²) in [5.41, 5.74) is 1.26. The van der Waals surface area contributed by atoms with Crippen LogP contribution in [-0.2, 0) is 22.7 Å². The van der Waals surface area contributed by atoms with E-state index in [2.05, 4.69) is 10.4 Å². The predicted octanol–water partition coefficient (Wildman–Crippen LogP) is 3.44. The highest BCUT2D eigenvalue weighted by Gasteiger charge is 2.68. The quantitative estimate of drug-likeness (QED) is 0.660. The van der Waals surface area contributed by atoms with Crippen molar-refractivity contribution in [3.05, 3.63) is 64.6 Å². The molecule has 2 fully saturated rings. The average Bonchev–Trinajstić information content (AvgIpc) is 3.25. The normalized spacial score (nSPS) is 21.9. The van der Waals surface area contributed by atoms with Gasteiger partial charge in [-0.1, -0.05) is 41.9 Å². The zero-order valence-corrected chi connectivity index (χ0v) is 17.8. The molecule has 8 heteroatoms. The van der Waals surface area contributed by atoms with Crippen molar-refractivity contribution < 1.29 is 14.0 Å². The van der Waals surface area contributed by atoms with Crippen molar-refractivity contribution in [3.8, 4) is 0 Å². The number of halogens is 2. The number of carbonyl (C=O) groups is 2. The molecule has 2 unspecified atom stereocenters. The van der Waals surface area contributed by atoms with E-state index in [9.17, 15) is 14.0 Å². The van der Waals surface area contributed by atoms with Gasteiger partial charge < -0.3 is 10.2 Å². The molecule has 2 heterocycles. The molecule has 3 aromatic rings. The molecule has 0 spiro atoms. The van der Waals surface area contributed by atoms with Gasteiger partial charge in [-0.3, -0.25) is 14.3 Å². The fourth-order valence-electron chi connectivity index (χ4n) is 4.86. The molecule has 160 valence electrons. The van der Waals surface area contributed by atoms with Crippen LogP contribution in [0.2, 0.25) is 5.02 Å². The number of carbonyl (C=O) groups excluding carboxylic acids is 2. The highest BCUT2D eigenvalue weighted by atomic mass is 35.5. The number of hydrogen-bond donors (Lipinski definition) is 1. The Bertz CT molecular complexity index is 1210. The summed E-state index contributed by atoms with van der Waals surface area (Å²) in [6.07, 6.45) is 1.44. The molecule has 1 aromatic heterocycles. The molecule has 2 aliphatic rings. The molecule has 6 nitrogen and oxygen atoms in total. The molecular weight excluding hydrogens is 419 g/mol. The molecule has 1 saturated carbocycles. The van der Waals surface area contributed by atoms with E-state index >= 15 is 0 Å². The number of hydrogen-bond acceptors (Lipinski definition) is 3. The van der Waals surface area contributed by atoms with Crippen LogP contribution in [0.25, 0.3) is 10.9 Å². The zero-order chi connectivity index (χ0) is 21.8. The van der Waals surface area contributed by atoms with Crippen molar-refractivity contribution in [2.24, 2.45) is 5.92 Å². The minimum Gasteiger partial charge on any atom is -0.350 e. The molecular formula is C23H22ClFN4O2. The summed E-state index contributed by atoms with van der Waals surface area (Å²) in [6.45, 7) is 2.57. The molecule has 1 N–H and O–H groups in total. The molecule has 2 amide bonds. The second kappa shape index (κ2) is 7.34. The van der Waals surface area contributed by atoms with Gasteiger partial charge in [0.2, 0.25) is 11.8 Å². The van der Waals surface area contributed by atoms with Crippen LogP contribution < -0.4 is 5.32 Å². The van der Waals surface area contributed by atoms with Crippen LogP contribution in [0, 0.1) is 18.7 Å². The molecule has 0 bridgehead atoms. The van der Waals surface area contributed by atoms with Crippen molar-refractivity contribution in [2.75, 3.05) is 6.54 Å². The number of aryl methyl sites for hydroxylation is 1. The number of nitrogens with zero attached hydrogens (tertiary/aromatic N) is 3. The van der Waals surface area contributed by atoms with E-state index in [1.54, 1.807) is 21.7 Å². The summed E-state index contributed by atoms with van der Waals surface area (Å²) in [6, 6.07) is 12.5. The van der Waals surface area contributed by atoms with E-state index in [1.165, 1.54) is 6.07 Å². The Morgan fingerprint density at radius 1 is 1.26 bits per heavy atom. The van der Waals surface area contributed by atoms with Crippen molar-refractivity contribution >= 4 is 34.3 Å². The first-order chi connectivity index (χ1) is 14.9. The van der Waals surface area contributed by atoms with Crippen molar-refractivity contribution in [2.45, 2.75) is 38.4 Å². The van der Waals surface area contributed by atoms with Crippen LogP contribution in [0.5, 0.6) is 0 Å². The van der Waals surface area contributed by atoms with Crippen LogP contribution in [0.1, 0.15) is 24.1 Å². The Morgan fingerprint density at radius 2 is 2.06 bits per heavy atom. The van der Waals surface area contributed by atoms with Gasteiger partial charge in [0.25, 0.3) is 0 Å². The standard InChI is InChI=1S/C23H22ClFN4O2/c1-14-17-6-2-3-8-19(17)29(27-14)13-20(30)28-10-9-16-11-23(16,28)22(31)26-12-15-5-4-7-18(24)21(15)25/h2-8,16H,9-13H2,1H3,(H,26,31). The Morgan fingerprint density at radius 3 is 2.87 bits per heavy atom. The van der Waals surface area contributed by atoms with Crippen molar-refractivity contribution in [1.82, 2.24) is 20.0 Å². The molecule has 1 aliphatic carbocycles. The predicted molar refractivity (Wildman–Crippen MR) is 115 cm³/mol. The lowest BCUT2D eigenvalue weighted by atomic mass is 10.1. The maximum atomic E-state index is 14.2. The lowest BCUT2D eigenvalue weighted by Gasteiger charge is -2.28. The lowest BCUT2D eigenvalue weighted by molar-refractivity contribution is -0.141. The number of rotatable bonds is 5. The number of aromatic nitrogens is 2. The third kappa shape index (κ3) is 3.19. The Labute approximate surface area is 184 Å². The number of likely N-dealkylation sites (tertiary alicyclic amines) is 1. The smallest absolute Gasteiger partial charge is 0.246 e. The third-order valence-corrected chi connectivity index (χ3v) is 6.84. The van der Waals surface area contributed by atoms with Gasteiger partial charge in [0, 0.05) is 24.0 Å². The number of benzene rings is 2. The van der Waals surface area contributed by atoms with Crippen LogP contribution in [0.15, 0.2) is 42.5 Å². The molecule has 1 saturated heterocycles. The van der Waals surface area contributed by atoms with Gasteiger partial charge in [-0.2, -0.15) is 5.10 Å². The third-order valence-electron chi connectivity index (χ3n) is 6.55. The number of nitrogens with one attached hydrogen (secondary N) is 1. The second-order valence-corrected chi connectivity index (χ2v) is 8.72. The fourth-order valence-corrected chi connectivity index (χ4v) is 5.06. The summed E-state index contributed by atoms with van der Waals surface area (Å²) in [5.74, 6) is -0.743. The van der Waals surface area contributed by atoms with Crippen LogP contribution in [0.4, 0.5) is 4.39 Å². The van der Waals surface area contributed by atoms with Gasteiger partial charge in [-0.15, -0.1) is 0 Å². The number of piperidine rings is 1. The minimum absolute atomic E-state index is 0.0219. The number of para-hydroxylation sites is 1. The molecule has 2 aromatic carbocycles. The average molecular weight is 441 g/mol. The Kier molecular flexibility index (Phi) is 4.73. The van der Waals surface area contributed by atoms with E-state index in [4.69, 9.17) is 11.6 Å². The van der Waals surface area contributed by atoms with Gasteiger partial charge in [0.05, 0.1) is 16.2 Å². The van der Waals surface area contributed by atoms with E-state index in [0.29, 0.717) is 18.5 Å². The van der Waals surface area contributed by atoms with Gasteiger partial charge in [-0.25, -0.2) is 4.39 Å². The minimum atomic E-state index is -0.829. The lowest BCUT2D eigenvalue weighted by Crippen LogP contribution is -2.51. The monoisotopic (exact) mass is 440 g/mol. The number of fused-ring (bicyclic) bond motifs is 2. The van der Waals surface area contributed by atoms with Crippen LogP contribution >= 0.6 is 11.6 Å². The first-order valence-electron chi connectivity index (χ1n) is 10.4. The van der Waals surface area contributed by atoms with E-state index in [1.807, 2.05) is 31.2 Å². The fraction of sp³-hybridized carbons (Fsp3) is 0.348. The van der Waals surface area contributed by atoms with Crippen molar-refractivity contribution in [1.29, 1.82) is 0 Å². The molecule has 0 radical (unpaired) electrons. The summed E-state index contributed by atoms with van der Waals surface area (Å²) < 4.78 is 15.9. The van der Waals surface area contributed by atoms with E-state index in [-0.39, 0.29) is 35.8 Å². The summed E-state index contributed by atoms with van der Waals surface area (Å²) >= 11 is 5.83. The summed E-state index contributed by atoms with van der Waals surface area (Å²) in [4.78, 5) is 28.0. The molecule has 5 rings (SSSR count). The van der Waals surface area contributed by atoms with Gasteiger partial charge in [-0.05, 0) is 37.8 Å². The molecule has 2 atom stereocenters. The number of amides is 2. The summed E-state index contributed by atoms with van der Waals surface area (Å²) in [5, 5.41) is 8.37. The van der Waals surface area contributed by atoms with E-state index in [0.717, 1.165) is 23.0 Å². The van der Waals surface area contributed by atoms with Gasteiger partial charge in [0.1, 0.15) is 17.9 Å². The SMILES string of the molecule is Cc1nn(CC(=O)N2CCC3CC32C(=O)NCc2cccc(Cl)c2F)c2ccccc12. The van der Waals surface area contributed by atoms with Gasteiger partial charge >= 0.3 is 0 Å². The molecule has 31 heavy (non-hydrogen) atoms. The Hall–Kier alpha value is -2.93. The Balaban J connectivity index is 1.32. The zero-order valence-electron chi connectivity index (χ0n) is 17.1. The van der Waals surface area contributed by atoms with Gasteiger partial charge in [0.15, 0.2) is 0 Å². The highest BCUT2D eigenvalue weighted by molar-refractivity contribution is 6.30. The second-order valence-electron chi connectivity index (χ2n) is 8.32. The van der Waals surface area contributed by atoms with Crippen LogP contribution in [-0.4, -0.2) is 38.6 Å². The van der Waals surface area contributed by atoms with Crippen LogP contribution in [0.3, 0.4) is 0 Å². The molecule has 1 aliphatic heterocycles. The maximum Gasteiger partial charge on any atom is 0.246 e. The first-order valence-corrected chi connectivity index (χ1v) is 10.7. The summed E-state index contributed by atoms with van der Waals surface area (Å²) in [7, 11) is 0. The highest BCUT2D eigenvalue weighted by Crippen LogP contribution is 2.55. The maximum absolute atomic E-state index is 14.2. The first kappa shape index (κ1) is 20.0.